The Morgan fingerprint density at radius 1 is 1.07 bits per heavy atom. The molecule has 0 saturated carbocycles. The van der Waals surface area contributed by atoms with Gasteiger partial charge in [-0.25, -0.2) is 9.78 Å². The normalized spacial score (nSPS) is 15.2. The Morgan fingerprint density at radius 2 is 1.71 bits per heavy atom. The number of benzene rings is 1. The van der Waals surface area contributed by atoms with Gasteiger partial charge in [-0.2, -0.15) is 0 Å². The molecule has 2 heterocycles. The van der Waals surface area contributed by atoms with Gasteiger partial charge in [0.1, 0.15) is 11.4 Å². The van der Waals surface area contributed by atoms with Crippen LogP contribution in [-0.2, 0) is 4.74 Å². The van der Waals surface area contributed by atoms with Crippen molar-refractivity contribution in [2.24, 2.45) is 5.92 Å². The van der Waals surface area contributed by atoms with E-state index in [4.69, 9.17) is 4.74 Å². The Kier molecular flexibility index (Phi) is 6.07. The van der Waals surface area contributed by atoms with Crippen molar-refractivity contribution in [1.82, 2.24) is 4.98 Å². The number of carbonyl (C=O) groups excluding carboxylic acids is 1. The van der Waals surface area contributed by atoms with E-state index in [1.165, 1.54) is 18.5 Å². The zero-order chi connectivity index (χ0) is 20.1. The van der Waals surface area contributed by atoms with Crippen LogP contribution in [0.2, 0.25) is 0 Å². The van der Waals surface area contributed by atoms with Gasteiger partial charge >= 0.3 is 6.09 Å². The minimum absolute atomic E-state index is 0.488. The maximum absolute atomic E-state index is 11.8. The summed E-state index contributed by atoms with van der Waals surface area (Å²) in [6.07, 6.45) is 3.63. The van der Waals surface area contributed by atoms with Crippen LogP contribution >= 0.6 is 0 Å². The third-order valence-corrected chi connectivity index (χ3v) is 4.70. The van der Waals surface area contributed by atoms with Crippen LogP contribution in [0.1, 0.15) is 40.5 Å². The quantitative estimate of drug-likeness (QED) is 0.740. The van der Waals surface area contributed by atoms with Crippen molar-refractivity contribution in [2.45, 2.75) is 46.1 Å². The molecule has 1 saturated heterocycles. The number of nitrogens with zero attached hydrogens (tertiary/aromatic N) is 2. The first-order valence-corrected chi connectivity index (χ1v) is 9.86. The van der Waals surface area contributed by atoms with Gasteiger partial charge < -0.3 is 15.0 Å². The monoisotopic (exact) mass is 382 g/mol. The number of pyridine rings is 1. The largest absolute Gasteiger partial charge is 0.444 e. The SMILES string of the molecule is CC1CCN(c2ccc(Nc3ccc(NC(=O)OC(C)(C)C)cn3)cc2)CC1. The van der Waals surface area contributed by atoms with Crippen molar-refractivity contribution in [3.63, 3.8) is 0 Å². The number of hydrogen-bond donors (Lipinski definition) is 2. The van der Waals surface area contributed by atoms with E-state index < -0.39 is 11.7 Å². The van der Waals surface area contributed by atoms with E-state index in [1.807, 2.05) is 26.8 Å². The van der Waals surface area contributed by atoms with Crippen LogP contribution in [0.5, 0.6) is 0 Å². The number of carbonyl (C=O) groups is 1. The van der Waals surface area contributed by atoms with Crippen molar-refractivity contribution in [3.05, 3.63) is 42.6 Å². The molecule has 0 aliphatic carbocycles. The summed E-state index contributed by atoms with van der Waals surface area (Å²) in [5.41, 5.74) is 2.31. The van der Waals surface area contributed by atoms with E-state index in [0.29, 0.717) is 11.5 Å². The average Bonchev–Trinajstić information content (AvgIpc) is 2.63. The number of anilines is 4. The minimum atomic E-state index is -0.530. The molecule has 3 rings (SSSR count). The first-order valence-electron chi connectivity index (χ1n) is 9.86. The fraction of sp³-hybridized carbons (Fsp3) is 0.455. The van der Waals surface area contributed by atoms with Gasteiger partial charge in [0.15, 0.2) is 0 Å². The summed E-state index contributed by atoms with van der Waals surface area (Å²) in [7, 11) is 0. The lowest BCUT2D eigenvalue weighted by Gasteiger charge is -2.32. The second kappa shape index (κ2) is 8.50. The molecule has 1 aliphatic heterocycles. The van der Waals surface area contributed by atoms with Crippen molar-refractivity contribution in [1.29, 1.82) is 0 Å². The molecule has 6 heteroatoms. The molecule has 150 valence electrons. The number of amides is 1. The van der Waals surface area contributed by atoms with Crippen LogP contribution in [0.3, 0.4) is 0 Å². The van der Waals surface area contributed by atoms with Gasteiger partial charge in [0.05, 0.1) is 11.9 Å². The minimum Gasteiger partial charge on any atom is -0.444 e. The molecule has 0 bridgehead atoms. The second-order valence-electron chi connectivity index (χ2n) is 8.40. The van der Waals surface area contributed by atoms with Crippen LogP contribution in [-0.4, -0.2) is 29.8 Å². The molecule has 2 aromatic rings. The number of ether oxygens (including phenoxy) is 1. The van der Waals surface area contributed by atoms with Crippen LogP contribution in [0.4, 0.5) is 27.7 Å². The molecule has 0 radical (unpaired) electrons. The number of hydrogen-bond acceptors (Lipinski definition) is 5. The summed E-state index contributed by atoms with van der Waals surface area (Å²) in [6.45, 7) is 10.1. The fourth-order valence-electron chi connectivity index (χ4n) is 3.13. The molecule has 1 aromatic carbocycles. The molecular formula is C22H30N4O2. The van der Waals surface area contributed by atoms with Crippen molar-refractivity contribution in [2.75, 3.05) is 28.6 Å². The molecular weight excluding hydrogens is 352 g/mol. The van der Waals surface area contributed by atoms with Gasteiger partial charge in [0.25, 0.3) is 0 Å². The predicted octanol–water partition coefficient (Wildman–Crippen LogP) is 5.41. The van der Waals surface area contributed by atoms with E-state index in [9.17, 15) is 4.79 Å². The second-order valence-corrected chi connectivity index (χ2v) is 8.40. The molecule has 1 aromatic heterocycles. The van der Waals surface area contributed by atoms with Crippen molar-refractivity contribution in [3.8, 4) is 0 Å². The van der Waals surface area contributed by atoms with Gasteiger partial charge in [-0.15, -0.1) is 0 Å². The zero-order valence-corrected chi connectivity index (χ0v) is 17.2. The Hall–Kier alpha value is -2.76. The molecule has 0 spiro atoms. The van der Waals surface area contributed by atoms with E-state index in [0.717, 1.165) is 24.7 Å². The van der Waals surface area contributed by atoms with Crippen LogP contribution in [0.25, 0.3) is 0 Å². The number of aromatic nitrogens is 1. The van der Waals surface area contributed by atoms with Crippen LogP contribution < -0.4 is 15.5 Å². The van der Waals surface area contributed by atoms with Gasteiger partial charge in [-0.05, 0) is 75.9 Å². The molecule has 0 atom stereocenters. The number of nitrogens with one attached hydrogen (secondary N) is 2. The standard InChI is InChI=1S/C22H30N4O2/c1-16-11-13-26(14-12-16)19-8-5-17(6-9-19)24-20-10-7-18(15-23-20)25-21(27)28-22(2,3)4/h5-10,15-16H,11-14H2,1-4H3,(H,23,24)(H,25,27). The van der Waals surface area contributed by atoms with E-state index in [2.05, 4.69) is 51.7 Å². The highest BCUT2D eigenvalue weighted by Gasteiger charge is 2.17. The first-order chi connectivity index (χ1) is 13.3. The van der Waals surface area contributed by atoms with Gasteiger partial charge in [-0.3, -0.25) is 5.32 Å². The lowest BCUT2D eigenvalue weighted by atomic mass is 9.99. The summed E-state index contributed by atoms with van der Waals surface area (Å²) in [6, 6.07) is 12.1. The van der Waals surface area contributed by atoms with E-state index >= 15 is 0 Å². The molecule has 0 unspecified atom stereocenters. The smallest absolute Gasteiger partial charge is 0.412 e. The maximum atomic E-state index is 11.8. The molecule has 1 fully saturated rings. The number of piperidine rings is 1. The predicted molar refractivity (Wildman–Crippen MR) is 114 cm³/mol. The van der Waals surface area contributed by atoms with Gasteiger partial charge in [-0.1, -0.05) is 6.92 Å². The summed E-state index contributed by atoms with van der Waals surface area (Å²) in [5.74, 6) is 1.55. The number of rotatable bonds is 4. The Bertz CT molecular complexity index is 774. The fourth-order valence-corrected chi connectivity index (χ4v) is 3.13. The maximum Gasteiger partial charge on any atom is 0.412 e. The Morgan fingerprint density at radius 3 is 2.29 bits per heavy atom. The van der Waals surface area contributed by atoms with E-state index in [1.54, 1.807) is 12.3 Å². The third kappa shape index (κ3) is 5.87. The van der Waals surface area contributed by atoms with Gasteiger partial charge in [0.2, 0.25) is 0 Å². The van der Waals surface area contributed by atoms with Crippen LogP contribution in [0, 0.1) is 5.92 Å². The first kappa shape index (κ1) is 20.0. The van der Waals surface area contributed by atoms with Crippen molar-refractivity contribution < 1.29 is 9.53 Å². The molecule has 1 amide bonds. The molecule has 6 nitrogen and oxygen atoms in total. The lowest BCUT2D eigenvalue weighted by Crippen LogP contribution is -2.32. The highest BCUT2D eigenvalue weighted by atomic mass is 16.6. The highest BCUT2D eigenvalue weighted by Crippen LogP contribution is 2.25. The van der Waals surface area contributed by atoms with Crippen LogP contribution in [0.15, 0.2) is 42.6 Å². The summed E-state index contributed by atoms with van der Waals surface area (Å²) < 4.78 is 5.24. The van der Waals surface area contributed by atoms with Crippen molar-refractivity contribution >= 4 is 29.0 Å². The topological polar surface area (TPSA) is 66.5 Å². The lowest BCUT2D eigenvalue weighted by molar-refractivity contribution is 0.0636. The molecule has 2 N–H and O–H groups in total. The summed E-state index contributed by atoms with van der Waals surface area (Å²) in [4.78, 5) is 18.6. The molecule has 28 heavy (non-hydrogen) atoms. The van der Waals surface area contributed by atoms with Gasteiger partial charge in [0, 0.05) is 24.5 Å². The Labute approximate surface area is 167 Å². The third-order valence-electron chi connectivity index (χ3n) is 4.70. The van der Waals surface area contributed by atoms with E-state index in [-0.39, 0.29) is 0 Å². The Balaban J connectivity index is 1.54. The highest BCUT2D eigenvalue weighted by molar-refractivity contribution is 5.84. The summed E-state index contributed by atoms with van der Waals surface area (Å²) in [5, 5.41) is 5.97. The average molecular weight is 383 g/mol. The molecule has 1 aliphatic rings. The zero-order valence-electron chi connectivity index (χ0n) is 17.2. The summed E-state index contributed by atoms with van der Waals surface area (Å²) >= 11 is 0.